The van der Waals surface area contributed by atoms with E-state index in [2.05, 4.69) is 41.4 Å². The Hall–Kier alpha value is -1.80. The first-order chi connectivity index (χ1) is 9.35. The van der Waals surface area contributed by atoms with Gasteiger partial charge in [0, 0.05) is 26.2 Å². The Morgan fingerprint density at radius 3 is 2.80 bits per heavy atom. The minimum Gasteiger partial charge on any atom is -0.364 e. The van der Waals surface area contributed by atoms with Crippen LogP contribution in [0.25, 0.3) is 0 Å². The smallest absolute Gasteiger partial charge is 0.224 e. The third kappa shape index (κ3) is 3.84. The van der Waals surface area contributed by atoms with Gasteiger partial charge < -0.3 is 10.2 Å². The Balaban J connectivity index is 2.16. The summed E-state index contributed by atoms with van der Waals surface area (Å²) >= 11 is 0. The molecular formula is C15H21N3OSi. The van der Waals surface area contributed by atoms with Gasteiger partial charge in [-0.2, -0.15) is 0 Å². The zero-order valence-electron chi connectivity index (χ0n) is 12.5. The molecule has 0 spiro atoms. The molecule has 1 N–H and O–H groups in total. The van der Waals surface area contributed by atoms with Crippen LogP contribution in [0.1, 0.15) is 12.0 Å². The van der Waals surface area contributed by atoms with Crippen LogP contribution < -0.4 is 5.32 Å². The number of hydrogen-bond donors (Lipinski definition) is 1. The number of rotatable bonds is 2. The summed E-state index contributed by atoms with van der Waals surface area (Å²) in [7, 11) is 0.420. The van der Waals surface area contributed by atoms with Crippen LogP contribution in [-0.2, 0) is 4.79 Å². The second-order valence-electron chi connectivity index (χ2n) is 6.22. The van der Waals surface area contributed by atoms with Gasteiger partial charge in [-0.25, -0.2) is 4.98 Å². The molecule has 1 aromatic heterocycles. The molecule has 1 amide bonds. The van der Waals surface area contributed by atoms with E-state index < -0.39 is 8.07 Å². The third-order valence-electron chi connectivity index (χ3n) is 3.06. The molecule has 1 fully saturated rings. The van der Waals surface area contributed by atoms with Gasteiger partial charge in [0.05, 0.1) is 11.6 Å². The van der Waals surface area contributed by atoms with Crippen LogP contribution >= 0.6 is 0 Å². The number of anilines is 1. The fraction of sp³-hybridized carbons (Fsp3) is 0.467. The lowest BCUT2D eigenvalue weighted by Crippen LogP contribution is -2.25. The normalized spacial score (nSPS) is 18.7. The van der Waals surface area contributed by atoms with E-state index in [4.69, 9.17) is 0 Å². The van der Waals surface area contributed by atoms with E-state index in [1.165, 1.54) is 0 Å². The van der Waals surface area contributed by atoms with Crippen molar-refractivity contribution in [2.45, 2.75) is 32.1 Å². The summed E-state index contributed by atoms with van der Waals surface area (Å²) in [4.78, 5) is 17.7. The number of nitrogens with one attached hydrogen (secondary N) is 1. The number of pyridine rings is 1. The molecule has 0 saturated carbocycles. The molecule has 0 bridgehead atoms. The molecule has 20 heavy (non-hydrogen) atoms. The van der Waals surface area contributed by atoms with Crippen LogP contribution in [0.4, 0.5) is 5.82 Å². The van der Waals surface area contributed by atoms with E-state index in [0.717, 1.165) is 17.9 Å². The number of hydrogen-bond acceptors (Lipinski definition) is 3. The average molecular weight is 287 g/mol. The van der Waals surface area contributed by atoms with Gasteiger partial charge >= 0.3 is 0 Å². The fourth-order valence-corrected chi connectivity index (χ4v) is 2.54. The first kappa shape index (κ1) is 14.6. The number of amides is 1. The van der Waals surface area contributed by atoms with Gasteiger partial charge in [-0.1, -0.05) is 25.6 Å². The molecule has 2 heterocycles. The highest BCUT2D eigenvalue weighted by Crippen LogP contribution is 2.17. The maximum atomic E-state index is 11.6. The minimum absolute atomic E-state index is 0.120. The SMILES string of the molecule is CN1CC(Nc2ncccc2C#C[Si](C)(C)C)CC1=O. The maximum Gasteiger partial charge on any atom is 0.224 e. The van der Waals surface area contributed by atoms with Crippen molar-refractivity contribution in [3.8, 4) is 11.5 Å². The molecule has 1 saturated heterocycles. The Labute approximate surface area is 121 Å². The number of carbonyl (C=O) groups excluding carboxylic acids is 1. The highest BCUT2D eigenvalue weighted by molar-refractivity contribution is 6.83. The largest absolute Gasteiger partial charge is 0.364 e. The Morgan fingerprint density at radius 2 is 2.20 bits per heavy atom. The molecule has 1 aromatic rings. The second-order valence-corrected chi connectivity index (χ2v) is 11.0. The Bertz CT molecular complexity index is 568. The number of carbonyl (C=O) groups is 1. The monoisotopic (exact) mass is 287 g/mol. The van der Waals surface area contributed by atoms with E-state index in [0.29, 0.717) is 6.42 Å². The molecule has 1 atom stereocenters. The van der Waals surface area contributed by atoms with Gasteiger partial charge in [-0.15, -0.1) is 5.54 Å². The maximum absolute atomic E-state index is 11.6. The molecule has 0 aromatic carbocycles. The number of likely N-dealkylation sites (tertiary alicyclic amines) is 1. The Kier molecular flexibility index (Phi) is 4.14. The topological polar surface area (TPSA) is 45.2 Å². The molecular weight excluding hydrogens is 266 g/mol. The fourth-order valence-electron chi connectivity index (χ4n) is 2.03. The number of aromatic nitrogens is 1. The predicted molar refractivity (Wildman–Crippen MR) is 84.1 cm³/mol. The van der Waals surface area contributed by atoms with Gasteiger partial charge in [-0.3, -0.25) is 4.79 Å². The first-order valence-electron chi connectivity index (χ1n) is 6.84. The van der Waals surface area contributed by atoms with E-state index in [-0.39, 0.29) is 11.9 Å². The number of nitrogens with zero attached hydrogens (tertiary/aromatic N) is 2. The van der Waals surface area contributed by atoms with E-state index >= 15 is 0 Å². The molecule has 0 aliphatic carbocycles. The van der Waals surface area contributed by atoms with Crippen LogP contribution in [0.3, 0.4) is 0 Å². The summed E-state index contributed by atoms with van der Waals surface area (Å²) in [5, 5.41) is 3.35. The van der Waals surface area contributed by atoms with Crippen molar-refractivity contribution in [3.05, 3.63) is 23.9 Å². The quantitative estimate of drug-likeness (QED) is 0.668. The summed E-state index contributed by atoms with van der Waals surface area (Å²) in [6.45, 7) is 7.37. The molecule has 5 heteroatoms. The number of likely N-dealkylation sites (N-methyl/N-ethyl adjacent to an activating group) is 1. The predicted octanol–water partition coefficient (Wildman–Crippen LogP) is 1.95. The average Bonchev–Trinajstić information content (AvgIpc) is 2.66. The summed E-state index contributed by atoms with van der Waals surface area (Å²) in [6, 6.07) is 3.99. The van der Waals surface area contributed by atoms with Crippen molar-refractivity contribution in [1.29, 1.82) is 0 Å². The van der Waals surface area contributed by atoms with Crippen LogP contribution in [0, 0.1) is 11.5 Å². The molecule has 1 aliphatic heterocycles. The van der Waals surface area contributed by atoms with Crippen molar-refractivity contribution in [1.82, 2.24) is 9.88 Å². The van der Waals surface area contributed by atoms with Crippen molar-refractivity contribution >= 4 is 19.8 Å². The van der Waals surface area contributed by atoms with Crippen LogP contribution in [0.2, 0.25) is 19.6 Å². The molecule has 1 aliphatic rings. The van der Waals surface area contributed by atoms with Gasteiger partial charge in [0.15, 0.2) is 0 Å². The van der Waals surface area contributed by atoms with Crippen LogP contribution in [-0.4, -0.2) is 43.5 Å². The summed E-state index contributed by atoms with van der Waals surface area (Å²) < 4.78 is 0. The zero-order chi connectivity index (χ0) is 14.8. The lowest BCUT2D eigenvalue weighted by molar-refractivity contribution is -0.126. The molecule has 4 nitrogen and oxygen atoms in total. The van der Waals surface area contributed by atoms with Gasteiger partial charge in [-0.05, 0) is 12.1 Å². The van der Waals surface area contributed by atoms with Crippen LogP contribution in [0.15, 0.2) is 18.3 Å². The molecule has 106 valence electrons. The summed E-state index contributed by atoms with van der Waals surface area (Å²) in [6.07, 6.45) is 2.27. The first-order valence-corrected chi connectivity index (χ1v) is 10.3. The Morgan fingerprint density at radius 1 is 1.45 bits per heavy atom. The minimum atomic E-state index is -1.41. The van der Waals surface area contributed by atoms with E-state index in [9.17, 15) is 4.79 Å². The summed E-state index contributed by atoms with van der Waals surface area (Å²) in [5.41, 5.74) is 4.27. The van der Waals surface area contributed by atoms with Crippen molar-refractivity contribution < 1.29 is 4.79 Å². The second kappa shape index (κ2) is 5.67. The molecule has 0 radical (unpaired) electrons. The van der Waals surface area contributed by atoms with Crippen molar-refractivity contribution in [2.24, 2.45) is 0 Å². The molecule has 2 rings (SSSR count). The highest BCUT2D eigenvalue weighted by atomic mass is 28.3. The van der Waals surface area contributed by atoms with E-state index in [1.807, 2.05) is 19.2 Å². The highest BCUT2D eigenvalue weighted by Gasteiger charge is 2.27. The van der Waals surface area contributed by atoms with Gasteiger partial charge in [0.25, 0.3) is 0 Å². The van der Waals surface area contributed by atoms with Gasteiger partial charge in [0.1, 0.15) is 13.9 Å². The lowest BCUT2D eigenvalue weighted by Gasteiger charge is -2.14. The van der Waals surface area contributed by atoms with Crippen LogP contribution in [0.5, 0.6) is 0 Å². The zero-order valence-corrected chi connectivity index (χ0v) is 13.5. The molecule has 1 unspecified atom stereocenters. The standard InChI is InChI=1S/C15H21N3OSi/c1-18-11-13(10-14(18)19)17-15-12(6-5-8-16-15)7-9-20(2,3)4/h5-6,8,13H,10-11H2,1-4H3,(H,16,17). The van der Waals surface area contributed by atoms with Gasteiger partial charge in [0.2, 0.25) is 5.91 Å². The van der Waals surface area contributed by atoms with Crippen molar-refractivity contribution in [3.63, 3.8) is 0 Å². The summed E-state index contributed by atoms with van der Waals surface area (Å²) in [5.74, 6) is 4.20. The van der Waals surface area contributed by atoms with Crippen molar-refractivity contribution in [2.75, 3.05) is 18.9 Å². The lowest BCUT2D eigenvalue weighted by atomic mass is 10.2. The third-order valence-corrected chi connectivity index (χ3v) is 3.94. The van der Waals surface area contributed by atoms with E-state index in [1.54, 1.807) is 11.1 Å².